The molecule has 4 rings (SSSR count). The number of ketones is 1. The molecule has 0 aromatic heterocycles. The summed E-state index contributed by atoms with van der Waals surface area (Å²) in [4.78, 5) is 22.5. The Morgan fingerprint density at radius 2 is 2.08 bits per heavy atom. The zero-order valence-corrected chi connectivity index (χ0v) is 13.8. The van der Waals surface area contributed by atoms with Crippen LogP contribution in [0.15, 0.2) is 54.6 Å². The van der Waals surface area contributed by atoms with Crippen LogP contribution in [0.4, 0.5) is 11.4 Å². The smallest absolute Gasteiger partial charge is 0.269 e. The molecule has 2 aromatic carbocycles. The van der Waals surface area contributed by atoms with E-state index >= 15 is 0 Å². The van der Waals surface area contributed by atoms with E-state index in [4.69, 9.17) is 0 Å². The zero-order chi connectivity index (χ0) is 17.6. The summed E-state index contributed by atoms with van der Waals surface area (Å²) >= 11 is 0. The molecule has 0 radical (unpaired) electrons. The molecule has 25 heavy (non-hydrogen) atoms. The van der Waals surface area contributed by atoms with Crippen molar-refractivity contribution in [2.24, 2.45) is 5.92 Å². The fourth-order valence-corrected chi connectivity index (χ4v) is 3.98. The maximum atomic E-state index is 11.7. The van der Waals surface area contributed by atoms with Crippen LogP contribution >= 0.6 is 0 Å². The number of fused-ring (bicyclic) bond motifs is 3. The van der Waals surface area contributed by atoms with Crippen LogP contribution < -0.4 is 5.32 Å². The maximum absolute atomic E-state index is 11.7. The van der Waals surface area contributed by atoms with Gasteiger partial charge in [0.2, 0.25) is 0 Å². The predicted octanol–water partition coefficient (Wildman–Crippen LogP) is 4.62. The van der Waals surface area contributed by atoms with Crippen molar-refractivity contribution < 1.29 is 9.72 Å². The van der Waals surface area contributed by atoms with E-state index in [0.29, 0.717) is 5.56 Å². The molecule has 0 amide bonds. The average Bonchev–Trinajstić information content (AvgIpc) is 3.10. The standard InChI is InChI=1S/C20H18N2O3/c1-12(23)13-8-9-19-18(11-13)16-6-3-7-17(16)20(21-19)14-4-2-5-15(10-14)22(24)25/h2-6,8-11,16-17,20-21H,7H2,1H3/t16-,17+,20+/m1/s1. The third kappa shape index (κ3) is 2.61. The number of carbonyl (C=O) groups is 1. The number of benzene rings is 2. The van der Waals surface area contributed by atoms with Gasteiger partial charge in [0.25, 0.3) is 5.69 Å². The molecule has 0 bridgehead atoms. The van der Waals surface area contributed by atoms with Crippen molar-refractivity contribution >= 4 is 17.2 Å². The maximum Gasteiger partial charge on any atom is 0.269 e. The SMILES string of the molecule is CC(=O)c1ccc2c(c1)[C@@H]1C=CC[C@@H]1[C@H](c1cccc([N+](=O)[O-])c1)N2. The summed E-state index contributed by atoms with van der Waals surface area (Å²) in [5.41, 5.74) is 3.88. The molecule has 0 unspecified atom stereocenters. The van der Waals surface area contributed by atoms with Gasteiger partial charge in [0.1, 0.15) is 0 Å². The van der Waals surface area contributed by atoms with Crippen LogP contribution in [-0.4, -0.2) is 10.7 Å². The van der Waals surface area contributed by atoms with Crippen LogP contribution in [0.5, 0.6) is 0 Å². The minimum absolute atomic E-state index is 0.00979. The number of rotatable bonds is 3. The van der Waals surface area contributed by atoms with Gasteiger partial charge in [-0.25, -0.2) is 0 Å². The molecular formula is C20H18N2O3. The zero-order valence-electron chi connectivity index (χ0n) is 13.8. The number of nitrogens with one attached hydrogen (secondary N) is 1. The lowest BCUT2D eigenvalue weighted by Gasteiger charge is -2.37. The lowest BCUT2D eigenvalue weighted by atomic mass is 9.76. The van der Waals surface area contributed by atoms with Crippen molar-refractivity contribution in [1.29, 1.82) is 0 Å². The first-order chi connectivity index (χ1) is 12.0. The molecule has 2 aliphatic rings. The van der Waals surface area contributed by atoms with Crippen LogP contribution in [0.25, 0.3) is 0 Å². The van der Waals surface area contributed by atoms with E-state index in [-0.39, 0.29) is 34.3 Å². The highest BCUT2D eigenvalue weighted by molar-refractivity contribution is 5.95. The molecule has 5 nitrogen and oxygen atoms in total. The summed E-state index contributed by atoms with van der Waals surface area (Å²) in [5, 5.41) is 14.6. The number of non-ortho nitro benzene ring substituents is 1. The van der Waals surface area contributed by atoms with Crippen molar-refractivity contribution in [3.05, 3.63) is 81.4 Å². The number of carbonyl (C=O) groups excluding carboxylic acids is 1. The largest absolute Gasteiger partial charge is 0.378 e. The molecule has 126 valence electrons. The topological polar surface area (TPSA) is 72.2 Å². The second-order valence-electron chi connectivity index (χ2n) is 6.69. The molecule has 1 N–H and O–H groups in total. The number of Topliss-reactive ketones (excluding diaryl/α,β-unsaturated/α-hetero) is 1. The molecule has 0 saturated heterocycles. The third-order valence-corrected chi connectivity index (χ3v) is 5.21. The Morgan fingerprint density at radius 1 is 1.24 bits per heavy atom. The molecule has 1 aliphatic carbocycles. The Labute approximate surface area is 145 Å². The van der Waals surface area contributed by atoms with Crippen molar-refractivity contribution in [2.45, 2.75) is 25.3 Å². The molecular weight excluding hydrogens is 316 g/mol. The van der Waals surface area contributed by atoms with Crippen molar-refractivity contribution in [1.82, 2.24) is 0 Å². The second kappa shape index (κ2) is 5.84. The first-order valence-corrected chi connectivity index (χ1v) is 8.37. The number of anilines is 1. The number of nitrogens with zero attached hydrogens (tertiary/aromatic N) is 1. The van der Waals surface area contributed by atoms with Crippen LogP contribution in [0.1, 0.15) is 46.8 Å². The highest BCUT2D eigenvalue weighted by Crippen LogP contribution is 2.50. The van der Waals surface area contributed by atoms with Gasteiger partial charge >= 0.3 is 0 Å². The summed E-state index contributed by atoms with van der Waals surface area (Å²) in [6.07, 6.45) is 5.27. The van der Waals surface area contributed by atoms with E-state index in [0.717, 1.165) is 23.2 Å². The van der Waals surface area contributed by atoms with E-state index in [1.54, 1.807) is 19.1 Å². The van der Waals surface area contributed by atoms with E-state index in [2.05, 4.69) is 17.5 Å². The normalized spacial score (nSPS) is 23.5. The molecule has 3 atom stereocenters. The van der Waals surface area contributed by atoms with Crippen LogP contribution in [0.3, 0.4) is 0 Å². The third-order valence-electron chi connectivity index (χ3n) is 5.21. The van der Waals surface area contributed by atoms with E-state index in [9.17, 15) is 14.9 Å². The van der Waals surface area contributed by atoms with E-state index < -0.39 is 0 Å². The summed E-state index contributed by atoms with van der Waals surface area (Å²) < 4.78 is 0. The lowest BCUT2D eigenvalue weighted by Crippen LogP contribution is -2.29. The van der Waals surface area contributed by atoms with Gasteiger partial charge in [0, 0.05) is 29.3 Å². The summed E-state index contributed by atoms with van der Waals surface area (Å²) in [5.74, 6) is 0.568. The van der Waals surface area contributed by atoms with Crippen molar-refractivity contribution in [3.8, 4) is 0 Å². The van der Waals surface area contributed by atoms with Crippen molar-refractivity contribution in [2.75, 3.05) is 5.32 Å². The quantitative estimate of drug-likeness (QED) is 0.385. The van der Waals surface area contributed by atoms with Gasteiger partial charge in [-0.2, -0.15) is 0 Å². The molecule has 1 aliphatic heterocycles. The molecule has 2 aromatic rings. The van der Waals surface area contributed by atoms with Gasteiger partial charge in [-0.15, -0.1) is 0 Å². The lowest BCUT2D eigenvalue weighted by molar-refractivity contribution is -0.384. The predicted molar refractivity (Wildman–Crippen MR) is 95.9 cm³/mol. The minimum atomic E-state index is -0.357. The Balaban J connectivity index is 1.77. The molecule has 0 spiro atoms. The first-order valence-electron chi connectivity index (χ1n) is 8.37. The molecule has 5 heteroatoms. The molecule has 1 heterocycles. The van der Waals surface area contributed by atoms with Gasteiger partial charge in [-0.1, -0.05) is 24.3 Å². The van der Waals surface area contributed by atoms with E-state index in [1.807, 2.05) is 24.3 Å². The minimum Gasteiger partial charge on any atom is -0.378 e. The number of nitro groups is 1. The monoisotopic (exact) mass is 334 g/mol. The number of allylic oxidation sites excluding steroid dienone is 2. The fraction of sp³-hybridized carbons (Fsp3) is 0.250. The van der Waals surface area contributed by atoms with Gasteiger partial charge in [-0.05, 0) is 48.6 Å². The number of nitro benzene ring substituents is 1. The first kappa shape index (κ1) is 15.6. The van der Waals surface area contributed by atoms with Gasteiger partial charge < -0.3 is 5.32 Å². The average molecular weight is 334 g/mol. The Bertz CT molecular complexity index is 904. The van der Waals surface area contributed by atoms with Crippen molar-refractivity contribution in [3.63, 3.8) is 0 Å². The number of hydrogen-bond acceptors (Lipinski definition) is 4. The number of hydrogen-bond donors (Lipinski definition) is 1. The second-order valence-corrected chi connectivity index (χ2v) is 6.69. The summed E-state index contributed by atoms with van der Waals surface area (Å²) in [6, 6.07) is 12.6. The van der Waals surface area contributed by atoms with E-state index in [1.165, 1.54) is 6.07 Å². The highest BCUT2D eigenvalue weighted by atomic mass is 16.6. The van der Waals surface area contributed by atoms with Gasteiger partial charge in [0.15, 0.2) is 5.78 Å². The van der Waals surface area contributed by atoms with Gasteiger partial charge in [-0.3, -0.25) is 14.9 Å². The molecule has 0 fully saturated rings. The Kier molecular flexibility index (Phi) is 3.64. The van der Waals surface area contributed by atoms with Gasteiger partial charge in [0.05, 0.1) is 11.0 Å². The fourth-order valence-electron chi connectivity index (χ4n) is 3.98. The summed E-state index contributed by atoms with van der Waals surface area (Å²) in [6.45, 7) is 1.58. The van der Waals surface area contributed by atoms with Crippen LogP contribution in [0, 0.1) is 16.0 Å². The van der Waals surface area contributed by atoms with Crippen LogP contribution in [-0.2, 0) is 0 Å². The Morgan fingerprint density at radius 3 is 2.84 bits per heavy atom. The summed E-state index contributed by atoms with van der Waals surface area (Å²) in [7, 11) is 0. The molecule has 0 saturated carbocycles. The Hall–Kier alpha value is -2.95. The van der Waals surface area contributed by atoms with Crippen LogP contribution in [0.2, 0.25) is 0 Å². The highest BCUT2D eigenvalue weighted by Gasteiger charge is 2.38.